The number of halogens is 1. The van der Waals surface area contributed by atoms with Crippen LogP contribution in [-0.2, 0) is 0 Å². The molecule has 1 aliphatic rings. The van der Waals surface area contributed by atoms with Crippen molar-refractivity contribution >= 4 is 33.2 Å². The molecule has 0 saturated carbocycles. The molecule has 0 spiro atoms. The normalized spacial score (nSPS) is 16.3. The van der Waals surface area contributed by atoms with Crippen LogP contribution in [0.3, 0.4) is 0 Å². The summed E-state index contributed by atoms with van der Waals surface area (Å²) in [5.41, 5.74) is 3.25. The Labute approximate surface area is 171 Å². The van der Waals surface area contributed by atoms with Crippen molar-refractivity contribution in [2.45, 2.75) is 6.04 Å². The van der Waals surface area contributed by atoms with Gasteiger partial charge in [-0.25, -0.2) is 0 Å². The van der Waals surface area contributed by atoms with Crippen molar-refractivity contribution in [3.8, 4) is 0 Å². The van der Waals surface area contributed by atoms with E-state index >= 15 is 0 Å². The summed E-state index contributed by atoms with van der Waals surface area (Å²) >= 11 is 5.12. The van der Waals surface area contributed by atoms with Gasteiger partial charge in [-0.05, 0) is 49.9 Å². The molecule has 138 valence electrons. The van der Waals surface area contributed by atoms with Crippen molar-refractivity contribution in [3.63, 3.8) is 0 Å². The molecular weight excluding hydrogens is 422 g/mol. The van der Waals surface area contributed by atoms with Crippen LogP contribution in [0, 0.1) is 0 Å². The Kier molecular flexibility index (Phi) is 5.66. The summed E-state index contributed by atoms with van der Waals surface area (Å²) in [7, 11) is 0. The maximum Gasteiger partial charge on any atom is 0.255 e. The maximum absolute atomic E-state index is 12.8. The van der Waals surface area contributed by atoms with Crippen molar-refractivity contribution in [3.05, 3.63) is 86.8 Å². The molecule has 0 bridgehead atoms. The summed E-state index contributed by atoms with van der Waals surface area (Å²) in [6.45, 7) is 3.14. The number of pyridine rings is 1. The fraction of sp³-hybridized carbons (Fsp3) is 0.238. The van der Waals surface area contributed by atoms with Crippen LogP contribution < -0.4 is 0 Å². The van der Waals surface area contributed by atoms with Gasteiger partial charge in [-0.3, -0.25) is 14.7 Å². The first-order valence-corrected chi connectivity index (χ1v) is 10.7. The van der Waals surface area contributed by atoms with Crippen LogP contribution in [0.1, 0.15) is 27.5 Å². The number of amides is 1. The summed E-state index contributed by atoms with van der Waals surface area (Å²) in [5.74, 6) is 0.0512. The average Bonchev–Trinajstić information content (AvgIpc) is 3.23. The van der Waals surface area contributed by atoms with Crippen LogP contribution in [0.2, 0.25) is 0 Å². The standard InChI is InChI=1S/C21H20BrN3OS/c22-19-12-18(13-23-14-19)21(26)25-9-7-24(8-10-25)20(17-6-11-27-15-17)16-4-2-1-3-5-16/h1-6,11-15,20H,7-10H2. The van der Waals surface area contributed by atoms with E-state index < -0.39 is 0 Å². The van der Waals surface area contributed by atoms with Gasteiger partial charge in [0.05, 0.1) is 11.6 Å². The maximum atomic E-state index is 12.8. The molecule has 1 atom stereocenters. The van der Waals surface area contributed by atoms with Gasteiger partial charge >= 0.3 is 0 Å². The lowest BCUT2D eigenvalue weighted by atomic mass is 9.98. The Balaban J connectivity index is 1.49. The molecule has 0 radical (unpaired) electrons. The molecule has 1 saturated heterocycles. The zero-order valence-electron chi connectivity index (χ0n) is 14.8. The van der Waals surface area contributed by atoms with Crippen LogP contribution in [0.5, 0.6) is 0 Å². The largest absolute Gasteiger partial charge is 0.336 e. The smallest absolute Gasteiger partial charge is 0.255 e. The Bertz CT molecular complexity index is 893. The minimum Gasteiger partial charge on any atom is -0.336 e. The minimum atomic E-state index is 0.0512. The summed E-state index contributed by atoms with van der Waals surface area (Å²) in [6.07, 6.45) is 3.33. The second-order valence-electron chi connectivity index (χ2n) is 6.59. The first-order chi connectivity index (χ1) is 13.2. The molecule has 1 aromatic carbocycles. The quantitative estimate of drug-likeness (QED) is 0.599. The lowest BCUT2D eigenvalue weighted by molar-refractivity contribution is 0.0597. The van der Waals surface area contributed by atoms with Crippen LogP contribution in [0.25, 0.3) is 0 Å². The van der Waals surface area contributed by atoms with Gasteiger partial charge in [-0.2, -0.15) is 11.3 Å². The number of carbonyl (C=O) groups is 1. The van der Waals surface area contributed by atoms with Crippen molar-refractivity contribution in [1.82, 2.24) is 14.8 Å². The number of rotatable bonds is 4. The Morgan fingerprint density at radius 2 is 1.81 bits per heavy atom. The van der Waals surface area contributed by atoms with Gasteiger partial charge in [0.2, 0.25) is 0 Å². The third kappa shape index (κ3) is 4.13. The molecule has 27 heavy (non-hydrogen) atoms. The highest BCUT2D eigenvalue weighted by Gasteiger charge is 2.28. The Morgan fingerprint density at radius 3 is 2.48 bits per heavy atom. The van der Waals surface area contributed by atoms with E-state index in [9.17, 15) is 4.79 Å². The monoisotopic (exact) mass is 441 g/mol. The van der Waals surface area contributed by atoms with Crippen LogP contribution in [0.4, 0.5) is 0 Å². The summed E-state index contributed by atoms with van der Waals surface area (Å²) in [5, 5.41) is 4.35. The fourth-order valence-corrected chi connectivity index (χ4v) is 4.62. The third-order valence-electron chi connectivity index (χ3n) is 4.89. The predicted molar refractivity (Wildman–Crippen MR) is 112 cm³/mol. The molecular formula is C21H20BrN3OS. The molecule has 0 N–H and O–H groups in total. The summed E-state index contributed by atoms with van der Waals surface area (Å²) < 4.78 is 0.827. The van der Waals surface area contributed by atoms with E-state index in [0.29, 0.717) is 5.56 Å². The third-order valence-corrected chi connectivity index (χ3v) is 6.03. The van der Waals surface area contributed by atoms with Crippen LogP contribution in [0.15, 0.2) is 70.1 Å². The minimum absolute atomic E-state index is 0.0512. The van der Waals surface area contributed by atoms with Crippen molar-refractivity contribution < 1.29 is 4.79 Å². The lowest BCUT2D eigenvalue weighted by Crippen LogP contribution is -2.49. The fourth-order valence-electron chi connectivity index (χ4n) is 3.57. The van der Waals surface area contributed by atoms with E-state index in [2.05, 4.69) is 73.0 Å². The van der Waals surface area contributed by atoms with Crippen molar-refractivity contribution in [1.29, 1.82) is 0 Å². The zero-order chi connectivity index (χ0) is 18.6. The van der Waals surface area contributed by atoms with Gasteiger partial charge in [-0.1, -0.05) is 30.3 Å². The number of thiophene rings is 1. The molecule has 1 amide bonds. The number of piperazine rings is 1. The number of benzene rings is 1. The highest BCUT2D eigenvalue weighted by atomic mass is 79.9. The van der Waals surface area contributed by atoms with E-state index in [4.69, 9.17) is 0 Å². The first kappa shape index (κ1) is 18.3. The molecule has 1 aliphatic heterocycles. The highest BCUT2D eigenvalue weighted by Crippen LogP contribution is 2.31. The van der Waals surface area contributed by atoms with Gasteiger partial charge in [0.1, 0.15) is 0 Å². The predicted octanol–water partition coefficient (Wildman–Crippen LogP) is 4.45. The molecule has 3 aromatic rings. The van der Waals surface area contributed by atoms with E-state index in [1.165, 1.54) is 11.1 Å². The Hall–Kier alpha value is -2.02. The molecule has 0 aliphatic carbocycles. The van der Waals surface area contributed by atoms with Gasteiger partial charge in [0, 0.05) is 43.0 Å². The topological polar surface area (TPSA) is 36.4 Å². The van der Waals surface area contributed by atoms with E-state index in [0.717, 1.165) is 30.7 Å². The highest BCUT2D eigenvalue weighted by molar-refractivity contribution is 9.10. The van der Waals surface area contributed by atoms with Gasteiger partial charge in [-0.15, -0.1) is 0 Å². The number of carbonyl (C=O) groups excluding carboxylic acids is 1. The van der Waals surface area contributed by atoms with Gasteiger partial charge in [0.25, 0.3) is 5.91 Å². The molecule has 2 aromatic heterocycles. The molecule has 3 heterocycles. The number of hydrogen-bond donors (Lipinski definition) is 0. The van der Waals surface area contributed by atoms with Crippen molar-refractivity contribution in [2.24, 2.45) is 0 Å². The van der Waals surface area contributed by atoms with Crippen LogP contribution in [-0.4, -0.2) is 46.9 Å². The molecule has 1 unspecified atom stereocenters. The van der Waals surface area contributed by atoms with Gasteiger partial charge < -0.3 is 4.90 Å². The van der Waals surface area contributed by atoms with Crippen LogP contribution >= 0.6 is 27.3 Å². The lowest BCUT2D eigenvalue weighted by Gasteiger charge is -2.39. The summed E-state index contributed by atoms with van der Waals surface area (Å²) in [4.78, 5) is 21.3. The molecule has 4 nitrogen and oxygen atoms in total. The van der Waals surface area contributed by atoms with E-state index in [1.54, 1.807) is 23.7 Å². The second kappa shape index (κ2) is 8.33. The summed E-state index contributed by atoms with van der Waals surface area (Å²) in [6, 6.07) is 14.9. The van der Waals surface area contributed by atoms with E-state index in [-0.39, 0.29) is 11.9 Å². The zero-order valence-corrected chi connectivity index (χ0v) is 17.2. The SMILES string of the molecule is O=C(c1cncc(Br)c1)N1CCN(C(c2ccccc2)c2ccsc2)CC1. The Morgan fingerprint density at radius 1 is 1.04 bits per heavy atom. The second-order valence-corrected chi connectivity index (χ2v) is 8.29. The number of aromatic nitrogens is 1. The molecule has 4 rings (SSSR count). The number of hydrogen-bond acceptors (Lipinski definition) is 4. The number of nitrogens with zero attached hydrogens (tertiary/aromatic N) is 3. The average molecular weight is 442 g/mol. The molecule has 1 fully saturated rings. The van der Waals surface area contributed by atoms with E-state index in [1.807, 2.05) is 11.0 Å². The van der Waals surface area contributed by atoms with Gasteiger partial charge in [0.15, 0.2) is 0 Å². The first-order valence-electron chi connectivity index (χ1n) is 8.93. The molecule has 6 heteroatoms. The van der Waals surface area contributed by atoms with Crippen molar-refractivity contribution in [2.75, 3.05) is 26.2 Å².